The molecule has 0 aliphatic carbocycles. The predicted octanol–water partition coefficient (Wildman–Crippen LogP) is 2.71. The molecule has 0 bridgehead atoms. The number of Topliss-reactive ketones (excluding diaryl/α,β-unsaturated/α-hetero) is 1. The van der Waals surface area contributed by atoms with E-state index in [1.807, 2.05) is 0 Å². The summed E-state index contributed by atoms with van der Waals surface area (Å²) in [5, 5.41) is 19.0. The Balaban J connectivity index is 2.02. The lowest BCUT2D eigenvalue weighted by Gasteiger charge is -2.00. The van der Waals surface area contributed by atoms with E-state index in [9.17, 15) is 15.0 Å². The van der Waals surface area contributed by atoms with Crippen molar-refractivity contribution in [1.29, 1.82) is 0 Å². The molecule has 2 aromatic rings. The van der Waals surface area contributed by atoms with Crippen LogP contribution in [0, 0.1) is 0 Å². The second-order valence-corrected chi connectivity index (χ2v) is 4.18. The number of carbonyl (C=O) groups is 1. The van der Waals surface area contributed by atoms with Crippen molar-refractivity contribution in [2.45, 2.75) is 0 Å². The number of ether oxygens (including phenoxy) is 1. The minimum Gasteiger partial charge on any atom is -0.508 e. The first-order chi connectivity index (χ1) is 9.15. The number of phenols is 2. The summed E-state index contributed by atoms with van der Waals surface area (Å²) in [6.45, 7) is 0. The molecule has 0 saturated heterocycles. The van der Waals surface area contributed by atoms with Crippen LogP contribution in [0.1, 0.15) is 15.9 Å². The molecule has 1 heterocycles. The number of carbonyl (C=O) groups excluding carboxylic acids is 1. The molecule has 2 N–H and O–H groups in total. The molecule has 4 heteroatoms. The third-order valence-corrected chi connectivity index (χ3v) is 2.88. The summed E-state index contributed by atoms with van der Waals surface area (Å²) in [4.78, 5) is 12.1. The first-order valence-electron chi connectivity index (χ1n) is 5.70. The van der Waals surface area contributed by atoms with Crippen LogP contribution in [0.4, 0.5) is 0 Å². The maximum Gasteiger partial charge on any atom is 0.231 e. The predicted molar refractivity (Wildman–Crippen MR) is 69.1 cm³/mol. The first-order valence-corrected chi connectivity index (χ1v) is 5.70. The Morgan fingerprint density at radius 3 is 2.63 bits per heavy atom. The van der Waals surface area contributed by atoms with E-state index in [2.05, 4.69) is 0 Å². The fourth-order valence-electron chi connectivity index (χ4n) is 1.93. The van der Waals surface area contributed by atoms with Gasteiger partial charge in [-0.25, -0.2) is 0 Å². The number of hydrogen-bond donors (Lipinski definition) is 2. The smallest absolute Gasteiger partial charge is 0.231 e. The van der Waals surface area contributed by atoms with E-state index in [1.165, 1.54) is 30.3 Å². The molecule has 4 nitrogen and oxygen atoms in total. The van der Waals surface area contributed by atoms with Crippen LogP contribution >= 0.6 is 0 Å². The highest BCUT2D eigenvalue weighted by Gasteiger charge is 2.27. The lowest BCUT2D eigenvalue weighted by molar-refractivity contribution is 0.101. The molecular formula is C15H10O4. The van der Waals surface area contributed by atoms with Gasteiger partial charge in [-0.3, -0.25) is 4.79 Å². The lowest BCUT2D eigenvalue weighted by Crippen LogP contribution is -1.97. The fourth-order valence-corrected chi connectivity index (χ4v) is 1.93. The molecule has 0 aromatic heterocycles. The van der Waals surface area contributed by atoms with Gasteiger partial charge in [-0.2, -0.15) is 0 Å². The highest BCUT2D eigenvalue weighted by molar-refractivity contribution is 6.14. The summed E-state index contributed by atoms with van der Waals surface area (Å²) < 4.78 is 5.40. The van der Waals surface area contributed by atoms with Gasteiger partial charge in [0.2, 0.25) is 5.78 Å². The molecule has 0 saturated carbocycles. The van der Waals surface area contributed by atoms with E-state index in [1.54, 1.807) is 18.2 Å². The minimum atomic E-state index is -0.266. The van der Waals surface area contributed by atoms with Crippen LogP contribution in [-0.4, -0.2) is 16.0 Å². The largest absolute Gasteiger partial charge is 0.508 e. The van der Waals surface area contributed by atoms with Crippen molar-refractivity contribution < 1.29 is 19.7 Å². The van der Waals surface area contributed by atoms with Gasteiger partial charge in [-0.15, -0.1) is 0 Å². The summed E-state index contributed by atoms with van der Waals surface area (Å²) in [6.07, 6.45) is 1.48. The summed E-state index contributed by atoms with van der Waals surface area (Å²) >= 11 is 0. The molecule has 94 valence electrons. The molecule has 1 aliphatic rings. The van der Waals surface area contributed by atoms with E-state index >= 15 is 0 Å². The number of allylic oxidation sites excluding steroid dienone is 1. The van der Waals surface area contributed by atoms with Crippen molar-refractivity contribution in [3.8, 4) is 17.2 Å². The molecule has 0 radical (unpaired) electrons. The van der Waals surface area contributed by atoms with Gasteiger partial charge in [0.05, 0.1) is 5.56 Å². The van der Waals surface area contributed by atoms with E-state index in [0.717, 1.165) is 0 Å². The van der Waals surface area contributed by atoms with Gasteiger partial charge in [0.15, 0.2) is 5.76 Å². The molecule has 3 rings (SSSR count). The molecule has 19 heavy (non-hydrogen) atoms. The maximum atomic E-state index is 12.1. The number of hydrogen-bond acceptors (Lipinski definition) is 4. The van der Waals surface area contributed by atoms with Gasteiger partial charge in [0.1, 0.15) is 17.2 Å². The molecule has 0 unspecified atom stereocenters. The van der Waals surface area contributed by atoms with Crippen molar-refractivity contribution >= 4 is 11.9 Å². The number of aromatic hydroxyl groups is 2. The minimum absolute atomic E-state index is 0.0374. The number of para-hydroxylation sites is 1. The van der Waals surface area contributed by atoms with Crippen molar-refractivity contribution in [3.63, 3.8) is 0 Å². The Labute approximate surface area is 109 Å². The van der Waals surface area contributed by atoms with Crippen molar-refractivity contribution in [2.24, 2.45) is 0 Å². The molecular weight excluding hydrogens is 244 g/mol. The number of ketones is 1. The van der Waals surface area contributed by atoms with E-state index in [0.29, 0.717) is 16.9 Å². The SMILES string of the molecule is O=C1/C(=C/c2ccccc2O)Oc2cc(O)ccc21. The fraction of sp³-hybridized carbons (Fsp3) is 0. The Hall–Kier alpha value is -2.75. The number of rotatable bonds is 1. The van der Waals surface area contributed by atoms with Crippen LogP contribution in [0.25, 0.3) is 6.08 Å². The van der Waals surface area contributed by atoms with Crippen molar-refractivity contribution in [2.75, 3.05) is 0 Å². The number of phenolic OH excluding ortho intramolecular Hbond substituents is 2. The molecule has 0 spiro atoms. The normalized spacial score (nSPS) is 15.4. The van der Waals surface area contributed by atoms with Gasteiger partial charge in [0, 0.05) is 11.6 Å². The molecule has 0 atom stereocenters. The van der Waals surface area contributed by atoms with Crippen molar-refractivity contribution in [3.05, 3.63) is 59.4 Å². The lowest BCUT2D eigenvalue weighted by atomic mass is 10.1. The summed E-state index contributed by atoms with van der Waals surface area (Å²) in [5.74, 6) is 0.299. The summed E-state index contributed by atoms with van der Waals surface area (Å²) in [7, 11) is 0. The Kier molecular flexibility index (Phi) is 2.49. The monoisotopic (exact) mass is 254 g/mol. The van der Waals surface area contributed by atoms with Gasteiger partial charge in [0.25, 0.3) is 0 Å². The zero-order valence-electron chi connectivity index (χ0n) is 9.83. The van der Waals surface area contributed by atoms with Gasteiger partial charge in [-0.1, -0.05) is 18.2 Å². The second kappa shape index (κ2) is 4.17. The highest BCUT2D eigenvalue weighted by Crippen LogP contribution is 2.35. The third kappa shape index (κ3) is 1.93. The van der Waals surface area contributed by atoms with E-state index in [4.69, 9.17) is 4.74 Å². The standard InChI is InChI=1S/C15H10O4/c16-10-5-6-11-13(8-10)19-14(15(11)18)7-9-3-1-2-4-12(9)17/h1-8,16-17H/b14-7-. The summed E-state index contributed by atoms with van der Waals surface area (Å²) in [6, 6.07) is 11.0. The first kappa shape index (κ1) is 11.3. The summed E-state index contributed by atoms with van der Waals surface area (Å²) in [5.41, 5.74) is 0.905. The molecule has 0 amide bonds. The topological polar surface area (TPSA) is 66.8 Å². The van der Waals surface area contributed by atoms with Crippen LogP contribution in [-0.2, 0) is 0 Å². The quantitative estimate of drug-likeness (QED) is 0.768. The molecule has 0 fully saturated rings. The Morgan fingerprint density at radius 1 is 1.05 bits per heavy atom. The number of fused-ring (bicyclic) bond motifs is 1. The van der Waals surface area contributed by atoms with Crippen molar-refractivity contribution in [1.82, 2.24) is 0 Å². The zero-order chi connectivity index (χ0) is 13.4. The highest BCUT2D eigenvalue weighted by atomic mass is 16.5. The molecule has 2 aromatic carbocycles. The third-order valence-electron chi connectivity index (χ3n) is 2.88. The molecule has 1 aliphatic heterocycles. The average molecular weight is 254 g/mol. The van der Waals surface area contributed by atoms with Crippen LogP contribution in [0.15, 0.2) is 48.2 Å². The Morgan fingerprint density at radius 2 is 1.84 bits per heavy atom. The maximum absolute atomic E-state index is 12.1. The van der Waals surface area contributed by atoms with Crippen LogP contribution in [0.3, 0.4) is 0 Å². The van der Waals surface area contributed by atoms with Gasteiger partial charge < -0.3 is 14.9 Å². The second-order valence-electron chi connectivity index (χ2n) is 4.18. The average Bonchev–Trinajstić information content (AvgIpc) is 2.68. The zero-order valence-corrected chi connectivity index (χ0v) is 9.83. The van der Waals surface area contributed by atoms with Crippen LogP contribution < -0.4 is 4.74 Å². The van der Waals surface area contributed by atoms with Crippen LogP contribution in [0.2, 0.25) is 0 Å². The van der Waals surface area contributed by atoms with E-state index in [-0.39, 0.29) is 23.0 Å². The van der Waals surface area contributed by atoms with Gasteiger partial charge >= 0.3 is 0 Å². The Bertz CT molecular complexity index is 701. The van der Waals surface area contributed by atoms with E-state index < -0.39 is 0 Å². The van der Waals surface area contributed by atoms with Crippen LogP contribution in [0.5, 0.6) is 17.2 Å². The van der Waals surface area contributed by atoms with Gasteiger partial charge in [-0.05, 0) is 24.3 Å². The number of benzene rings is 2.